The fraction of sp³-hybridized carbons (Fsp3) is 0.167. The number of benzene rings is 1. The van der Waals surface area contributed by atoms with E-state index in [0.29, 0.717) is 12.5 Å². The van der Waals surface area contributed by atoms with Gasteiger partial charge < -0.3 is 4.90 Å². The molecule has 19 heavy (non-hydrogen) atoms. The second-order valence-electron chi connectivity index (χ2n) is 3.96. The minimum absolute atomic E-state index is 0.365. The Morgan fingerprint density at radius 1 is 1.42 bits per heavy atom. The monoisotopic (exact) mass is 341 g/mol. The molecule has 3 N–H and O–H groups in total. The maximum absolute atomic E-state index is 6.15. The third kappa shape index (κ3) is 3.34. The summed E-state index contributed by atoms with van der Waals surface area (Å²) in [5.41, 5.74) is 3.46. The molecular weight excluding hydrogens is 330 g/mol. The van der Waals surface area contributed by atoms with Gasteiger partial charge in [0.15, 0.2) is 0 Å². The van der Waals surface area contributed by atoms with Crippen molar-refractivity contribution < 1.29 is 0 Å². The van der Waals surface area contributed by atoms with E-state index in [1.807, 2.05) is 36.2 Å². The minimum atomic E-state index is 0.365. The fourth-order valence-electron chi connectivity index (χ4n) is 1.65. The summed E-state index contributed by atoms with van der Waals surface area (Å²) < 4.78 is 0.793. The first-order chi connectivity index (χ1) is 9.11. The van der Waals surface area contributed by atoms with E-state index < -0.39 is 0 Å². The van der Waals surface area contributed by atoms with Gasteiger partial charge in [0.2, 0.25) is 5.95 Å². The lowest BCUT2D eigenvalue weighted by Crippen LogP contribution is -2.20. The molecule has 2 rings (SSSR count). The zero-order chi connectivity index (χ0) is 13.8. The highest BCUT2D eigenvalue weighted by Crippen LogP contribution is 2.26. The largest absolute Gasteiger partial charge is 0.354 e. The number of hydrogen-bond donors (Lipinski definition) is 2. The van der Waals surface area contributed by atoms with Gasteiger partial charge in [-0.1, -0.05) is 29.8 Å². The highest BCUT2D eigenvalue weighted by atomic mass is 79.9. The van der Waals surface area contributed by atoms with Crippen LogP contribution in [0.4, 0.5) is 11.8 Å². The Balaban J connectivity index is 2.25. The van der Waals surface area contributed by atoms with Crippen molar-refractivity contribution in [1.29, 1.82) is 0 Å². The first-order valence-electron chi connectivity index (χ1n) is 5.55. The molecule has 5 nitrogen and oxygen atoms in total. The van der Waals surface area contributed by atoms with E-state index in [4.69, 9.17) is 17.4 Å². The number of aromatic nitrogens is 2. The quantitative estimate of drug-likeness (QED) is 0.660. The zero-order valence-corrected chi connectivity index (χ0v) is 12.6. The third-order valence-corrected chi connectivity index (χ3v) is 3.51. The first kappa shape index (κ1) is 14.0. The number of anilines is 2. The molecule has 7 heteroatoms. The SMILES string of the molecule is CN(Cc1ccccc1Cl)c1nc(NN)ncc1Br. The lowest BCUT2D eigenvalue weighted by atomic mass is 10.2. The first-order valence-corrected chi connectivity index (χ1v) is 6.72. The molecule has 0 spiro atoms. The summed E-state index contributed by atoms with van der Waals surface area (Å²) in [5.74, 6) is 6.42. The van der Waals surface area contributed by atoms with E-state index in [9.17, 15) is 0 Å². The van der Waals surface area contributed by atoms with Crippen molar-refractivity contribution in [3.8, 4) is 0 Å². The van der Waals surface area contributed by atoms with Crippen molar-refractivity contribution in [1.82, 2.24) is 9.97 Å². The molecule has 1 heterocycles. The molecule has 100 valence electrons. The van der Waals surface area contributed by atoms with Crippen LogP contribution in [0.1, 0.15) is 5.56 Å². The molecular formula is C12H13BrClN5. The van der Waals surface area contributed by atoms with Crippen molar-refractivity contribution in [3.05, 3.63) is 45.5 Å². The van der Waals surface area contributed by atoms with Gasteiger partial charge in [-0.25, -0.2) is 10.8 Å². The van der Waals surface area contributed by atoms with Crippen LogP contribution < -0.4 is 16.2 Å². The second kappa shape index (κ2) is 6.18. The second-order valence-corrected chi connectivity index (χ2v) is 5.22. The molecule has 0 saturated heterocycles. The molecule has 0 amide bonds. The summed E-state index contributed by atoms with van der Waals surface area (Å²) in [7, 11) is 1.93. The van der Waals surface area contributed by atoms with Crippen molar-refractivity contribution in [2.24, 2.45) is 5.84 Å². The molecule has 0 atom stereocenters. The number of nitrogens with one attached hydrogen (secondary N) is 1. The average Bonchev–Trinajstić information content (AvgIpc) is 2.42. The molecule has 1 aromatic carbocycles. The van der Waals surface area contributed by atoms with Crippen LogP contribution >= 0.6 is 27.5 Å². The molecule has 0 bridgehead atoms. The predicted molar refractivity (Wildman–Crippen MR) is 81.1 cm³/mol. The number of rotatable bonds is 4. The lowest BCUT2D eigenvalue weighted by molar-refractivity contribution is 0.886. The van der Waals surface area contributed by atoms with E-state index in [-0.39, 0.29) is 0 Å². The fourth-order valence-corrected chi connectivity index (χ4v) is 2.34. The van der Waals surface area contributed by atoms with Crippen molar-refractivity contribution in [2.75, 3.05) is 17.4 Å². The van der Waals surface area contributed by atoms with Gasteiger partial charge in [-0.15, -0.1) is 0 Å². The molecule has 0 radical (unpaired) electrons. The van der Waals surface area contributed by atoms with Gasteiger partial charge in [0.1, 0.15) is 5.82 Å². The topological polar surface area (TPSA) is 67.1 Å². The maximum atomic E-state index is 6.15. The summed E-state index contributed by atoms with van der Waals surface area (Å²) in [5, 5.41) is 0.733. The maximum Gasteiger partial charge on any atom is 0.239 e. The summed E-state index contributed by atoms with van der Waals surface area (Å²) >= 11 is 9.57. The van der Waals surface area contributed by atoms with Crippen molar-refractivity contribution >= 4 is 39.3 Å². The predicted octanol–water partition coefficient (Wildman–Crippen LogP) is 2.81. The number of halogens is 2. The molecule has 2 aromatic rings. The van der Waals surface area contributed by atoms with Gasteiger partial charge in [-0.2, -0.15) is 4.98 Å². The molecule has 0 saturated carbocycles. The van der Waals surface area contributed by atoms with E-state index in [1.54, 1.807) is 6.20 Å². The molecule has 0 aliphatic rings. The highest BCUT2D eigenvalue weighted by Gasteiger charge is 2.11. The Morgan fingerprint density at radius 2 is 2.16 bits per heavy atom. The zero-order valence-electron chi connectivity index (χ0n) is 10.3. The van der Waals surface area contributed by atoms with Crippen LogP contribution in [0.3, 0.4) is 0 Å². The average molecular weight is 343 g/mol. The van der Waals surface area contributed by atoms with Crippen LogP contribution in [-0.2, 0) is 6.54 Å². The number of hydrogen-bond acceptors (Lipinski definition) is 5. The Kier molecular flexibility index (Phi) is 4.57. The molecule has 0 unspecified atom stereocenters. The lowest BCUT2D eigenvalue weighted by Gasteiger charge is -2.20. The van der Waals surface area contributed by atoms with Gasteiger partial charge in [-0.05, 0) is 27.6 Å². The van der Waals surface area contributed by atoms with E-state index in [2.05, 4.69) is 31.3 Å². The molecule has 1 aromatic heterocycles. The summed E-state index contributed by atoms with van der Waals surface area (Å²) in [6.07, 6.45) is 1.65. The van der Waals surface area contributed by atoms with Crippen molar-refractivity contribution in [2.45, 2.75) is 6.54 Å². The summed E-state index contributed by atoms with van der Waals surface area (Å²) in [6.45, 7) is 0.638. The standard InChI is InChI=1S/C12H13BrClN5/c1-19(7-8-4-2-3-5-10(8)14)11-9(13)6-16-12(17-11)18-15/h2-6H,7,15H2,1H3,(H,16,17,18). The Hall–Kier alpha value is -1.37. The Bertz CT molecular complexity index is 578. The third-order valence-electron chi connectivity index (χ3n) is 2.58. The molecule has 0 aliphatic carbocycles. The van der Waals surface area contributed by atoms with Crippen LogP contribution in [0.15, 0.2) is 34.9 Å². The number of nitrogen functional groups attached to an aromatic ring is 1. The number of hydrazine groups is 1. The Labute approximate surface area is 124 Å². The number of nitrogens with zero attached hydrogens (tertiary/aromatic N) is 3. The minimum Gasteiger partial charge on any atom is -0.354 e. The summed E-state index contributed by atoms with van der Waals surface area (Å²) in [6, 6.07) is 7.71. The van der Waals surface area contributed by atoms with Crippen molar-refractivity contribution in [3.63, 3.8) is 0 Å². The van der Waals surface area contributed by atoms with Crippen LogP contribution in [0.25, 0.3) is 0 Å². The summed E-state index contributed by atoms with van der Waals surface area (Å²) in [4.78, 5) is 10.3. The van der Waals surface area contributed by atoms with Gasteiger partial charge in [0, 0.05) is 24.8 Å². The normalized spacial score (nSPS) is 10.3. The van der Waals surface area contributed by atoms with E-state index in [1.165, 1.54) is 0 Å². The highest BCUT2D eigenvalue weighted by molar-refractivity contribution is 9.10. The van der Waals surface area contributed by atoms with Gasteiger partial charge in [-0.3, -0.25) is 5.43 Å². The smallest absolute Gasteiger partial charge is 0.239 e. The molecule has 0 fully saturated rings. The van der Waals surface area contributed by atoms with E-state index >= 15 is 0 Å². The van der Waals surface area contributed by atoms with Gasteiger partial charge in [0.05, 0.1) is 4.47 Å². The van der Waals surface area contributed by atoms with Crippen LogP contribution in [0, 0.1) is 0 Å². The van der Waals surface area contributed by atoms with Crippen LogP contribution in [0.5, 0.6) is 0 Å². The number of nitrogens with two attached hydrogens (primary N) is 1. The van der Waals surface area contributed by atoms with Crippen LogP contribution in [-0.4, -0.2) is 17.0 Å². The van der Waals surface area contributed by atoms with Gasteiger partial charge >= 0.3 is 0 Å². The van der Waals surface area contributed by atoms with Crippen LogP contribution in [0.2, 0.25) is 5.02 Å². The van der Waals surface area contributed by atoms with Gasteiger partial charge in [0.25, 0.3) is 0 Å². The van der Waals surface area contributed by atoms with E-state index in [0.717, 1.165) is 20.9 Å². The molecule has 0 aliphatic heterocycles. The Morgan fingerprint density at radius 3 is 2.84 bits per heavy atom.